The van der Waals surface area contributed by atoms with Crippen LogP contribution in [0.3, 0.4) is 0 Å². The highest BCUT2D eigenvalue weighted by molar-refractivity contribution is 5.84. The van der Waals surface area contributed by atoms with Gasteiger partial charge in [0.15, 0.2) is 5.96 Å². The molecule has 4 N–H and O–H groups in total. The van der Waals surface area contributed by atoms with E-state index >= 15 is 0 Å². The number of hydrogen-bond acceptors (Lipinski definition) is 2. The zero-order valence-electron chi connectivity index (χ0n) is 6.26. The van der Waals surface area contributed by atoms with Crippen molar-refractivity contribution >= 4 is 11.9 Å². The van der Waals surface area contributed by atoms with E-state index in [4.69, 9.17) is 11.1 Å². The second-order valence-corrected chi connectivity index (χ2v) is 2.51. The summed E-state index contributed by atoms with van der Waals surface area (Å²) in [7, 11) is 0. The first-order valence-corrected chi connectivity index (χ1v) is 3.56. The molecule has 5 nitrogen and oxygen atoms in total. The van der Waals surface area contributed by atoms with Crippen molar-refractivity contribution in [3.8, 4) is 0 Å². The number of guanidine groups is 1. The molecule has 1 amide bonds. The van der Waals surface area contributed by atoms with Crippen molar-refractivity contribution in [1.82, 2.24) is 10.2 Å². The molecule has 0 aromatic carbocycles. The monoisotopic (exact) mass is 156 g/mol. The molecule has 0 spiro atoms. The lowest BCUT2D eigenvalue weighted by atomic mass is 10.4. The van der Waals surface area contributed by atoms with Crippen LogP contribution in [0.5, 0.6) is 0 Å². The van der Waals surface area contributed by atoms with Crippen LogP contribution in [-0.4, -0.2) is 36.4 Å². The molecular formula is C6H12N4O. The maximum Gasteiger partial charge on any atom is 0.239 e. The van der Waals surface area contributed by atoms with Crippen LogP contribution in [0.4, 0.5) is 0 Å². The molecule has 0 aromatic heterocycles. The fourth-order valence-electron chi connectivity index (χ4n) is 1.01. The Kier molecular flexibility index (Phi) is 2.30. The maximum atomic E-state index is 10.9. The largest absolute Gasteiger partial charge is 0.370 e. The predicted molar refractivity (Wildman–Crippen MR) is 41.1 cm³/mol. The molecule has 1 aliphatic rings. The van der Waals surface area contributed by atoms with Gasteiger partial charge in [0, 0.05) is 13.1 Å². The summed E-state index contributed by atoms with van der Waals surface area (Å²) in [5.41, 5.74) is 5.23. The van der Waals surface area contributed by atoms with E-state index in [9.17, 15) is 4.79 Å². The van der Waals surface area contributed by atoms with Gasteiger partial charge in [0.2, 0.25) is 5.91 Å². The molecule has 1 saturated heterocycles. The van der Waals surface area contributed by atoms with Gasteiger partial charge in [-0.05, 0) is 6.42 Å². The van der Waals surface area contributed by atoms with Crippen LogP contribution in [0.1, 0.15) is 6.42 Å². The van der Waals surface area contributed by atoms with Gasteiger partial charge in [-0.2, -0.15) is 0 Å². The molecule has 0 radical (unpaired) electrons. The van der Waals surface area contributed by atoms with Gasteiger partial charge in [0.25, 0.3) is 0 Å². The fraction of sp³-hybridized carbons (Fsp3) is 0.667. The molecule has 0 aliphatic carbocycles. The molecule has 0 unspecified atom stereocenters. The third-order valence-corrected chi connectivity index (χ3v) is 1.60. The van der Waals surface area contributed by atoms with Crippen LogP contribution in [0.25, 0.3) is 0 Å². The first kappa shape index (κ1) is 7.84. The molecule has 0 atom stereocenters. The van der Waals surface area contributed by atoms with Crippen molar-refractivity contribution in [2.24, 2.45) is 5.73 Å². The zero-order valence-corrected chi connectivity index (χ0v) is 6.26. The molecule has 5 heteroatoms. The predicted octanol–water partition coefficient (Wildman–Crippen LogP) is -1.30. The summed E-state index contributed by atoms with van der Waals surface area (Å²) in [6, 6.07) is 0. The molecule has 1 rings (SSSR count). The quantitative estimate of drug-likeness (QED) is 0.301. The highest BCUT2D eigenvalue weighted by Gasteiger charge is 2.14. The summed E-state index contributed by atoms with van der Waals surface area (Å²) < 4.78 is 0. The third kappa shape index (κ3) is 2.10. The van der Waals surface area contributed by atoms with Crippen molar-refractivity contribution in [2.75, 3.05) is 19.6 Å². The van der Waals surface area contributed by atoms with Crippen LogP contribution >= 0.6 is 0 Å². The number of hydrogen-bond donors (Lipinski definition) is 3. The average molecular weight is 156 g/mol. The topological polar surface area (TPSA) is 82.2 Å². The van der Waals surface area contributed by atoms with E-state index in [2.05, 4.69) is 5.32 Å². The standard InChI is InChI=1S/C6H12N4O/c7-6(8)10-3-1-2-9-5(11)4-10/h1-4H2,(H3,7,8)(H,9,11). The first-order valence-electron chi connectivity index (χ1n) is 3.56. The van der Waals surface area contributed by atoms with E-state index in [-0.39, 0.29) is 18.4 Å². The molecule has 62 valence electrons. The number of carbonyl (C=O) groups is 1. The summed E-state index contributed by atoms with van der Waals surface area (Å²) in [6.45, 7) is 1.59. The lowest BCUT2D eigenvalue weighted by Gasteiger charge is -2.17. The Morgan fingerprint density at radius 3 is 3.09 bits per heavy atom. The van der Waals surface area contributed by atoms with Gasteiger partial charge in [-0.1, -0.05) is 0 Å². The van der Waals surface area contributed by atoms with E-state index in [1.807, 2.05) is 0 Å². The Morgan fingerprint density at radius 1 is 1.73 bits per heavy atom. The molecule has 1 aliphatic heterocycles. The number of carbonyl (C=O) groups excluding carboxylic acids is 1. The zero-order chi connectivity index (χ0) is 8.27. The number of rotatable bonds is 0. The Hall–Kier alpha value is -1.26. The lowest BCUT2D eigenvalue weighted by molar-refractivity contribution is -0.120. The highest BCUT2D eigenvalue weighted by atomic mass is 16.2. The number of nitrogens with zero attached hydrogens (tertiary/aromatic N) is 1. The van der Waals surface area contributed by atoms with Crippen LogP contribution < -0.4 is 11.1 Å². The van der Waals surface area contributed by atoms with E-state index < -0.39 is 0 Å². The number of nitrogens with two attached hydrogens (primary N) is 1. The van der Waals surface area contributed by atoms with Gasteiger partial charge in [-0.3, -0.25) is 10.2 Å². The summed E-state index contributed by atoms with van der Waals surface area (Å²) >= 11 is 0. The third-order valence-electron chi connectivity index (χ3n) is 1.60. The van der Waals surface area contributed by atoms with Crippen molar-refractivity contribution in [3.05, 3.63) is 0 Å². The minimum Gasteiger partial charge on any atom is -0.370 e. The Bertz CT molecular complexity index is 179. The van der Waals surface area contributed by atoms with Gasteiger partial charge in [-0.15, -0.1) is 0 Å². The molecular weight excluding hydrogens is 144 g/mol. The van der Waals surface area contributed by atoms with Crippen molar-refractivity contribution in [1.29, 1.82) is 5.41 Å². The van der Waals surface area contributed by atoms with Gasteiger partial charge >= 0.3 is 0 Å². The minimum atomic E-state index is -0.0577. The minimum absolute atomic E-state index is 0.0259. The molecule has 0 bridgehead atoms. The molecule has 1 fully saturated rings. The summed E-state index contributed by atoms with van der Waals surface area (Å²) in [4.78, 5) is 12.5. The molecule has 1 heterocycles. The van der Waals surface area contributed by atoms with Crippen molar-refractivity contribution in [3.63, 3.8) is 0 Å². The number of amides is 1. The summed E-state index contributed by atoms with van der Waals surface area (Å²) in [6.07, 6.45) is 0.852. The Labute approximate surface area is 65.1 Å². The lowest BCUT2D eigenvalue weighted by Crippen LogP contribution is -2.40. The maximum absolute atomic E-state index is 10.9. The molecule has 0 saturated carbocycles. The van der Waals surface area contributed by atoms with Crippen LogP contribution in [0, 0.1) is 5.41 Å². The Balaban J connectivity index is 2.52. The average Bonchev–Trinajstić information content (AvgIpc) is 2.13. The molecule has 11 heavy (non-hydrogen) atoms. The van der Waals surface area contributed by atoms with Gasteiger partial charge in [0.1, 0.15) is 0 Å². The van der Waals surface area contributed by atoms with E-state index in [0.29, 0.717) is 13.1 Å². The van der Waals surface area contributed by atoms with Crippen molar-refractivity contribution < 1.29 is 4.79 Å². The van der Waals surface area contributed by atoms with Crippen LogP contribution in [0.15, 0.2) is 0 Å². The van der Waals surface area contributed by atoms with E-state index in [1.165, 1.54) is 0 Å². The molecule has 0 aromatic rings. The second kappa shape index (κ2) is 3.23. The first-order chi connectivity index (χ1) is 5.20. The summed E-state index contributed by atoms with van der Waals surface area (Å²) in [5.74, 6) is -0.0836. The van der Waals surface area contributed by atoms with Crippen LogP contribution in [0.2, 0.25) is 0 Å². The van der Waals surface area contributed by atoms with Gasteiger partial charge in [0.05, 0.1) is 6.54 Å². The summed E-state index contributed by atoms with van der Waals surface area (Å²) in [5, 5.41) is 9.80. The van der Waals surface area contributed by atoms with Crippen molar-refractivity contribution in [2.45, 2.75) is 6.42 Å². The highest BCUT2D eigenvalue weighted by Crippen LogP contribution is 1.93. The Morgan fingerprint density at radius 2 is 2.45 bits per heavy atom. The van der Waals surface area contributed by atoms with E-state index in [1.54, 1.807) is 4.90 Å². The SMILES string of the molecule is N=C(N)N1CCCNC(=O)C1. The van der Waals surface area contributed by atoms with Crippen LogP contribution in [-0.2, 0) is 4.79 Å². The second-order valence-electron chi connectivity index (χ2n) is 2.51. The number of nitrogens with one attached hydrogen (secondary N) is 2. The van der Waals surface area contributed by atoms with E-state index in [0.717, 1.165) is 6.42 Å². The van der Waals surface area contributed by atoms with Gasteiger partial charge < -0.3 is 16.0 Å². The van der Waals surface area contributed by atoms with Gasteiger partial charge in [-0.25, -0.2) is 0 Å². The smallest absolute Gasteiger partial charge is 0.239 e. The normalized spacial score (nSPS) is 18.9. The fourth-order valence-corrected chi connectivity index (χ4v) is 1.01.